The molecule has 1 aromatic rings. The molecule has 1 N–H and O–H groups in total. The molecule has 24 heavy (non-hydrogen) atoms. The topological polar surface area (TPSA) is 26.7 Å². The first kappa shape index (κ1) is 16.5. The van der Waals surface area contributed by atoms with Gasteiger partial charge in [0.1, 0.15) is 5.82 Å². The smallest absolute Gasteiger partial charge is 0.123 e. The molecule has 1 saturated heterocycles. The second-order valence-corrected chi connectivity index (χ2v) is 8.10. The van der Waals surface area contributed by atoms with E-state index in [1.54, 1.807) is 6.07 Å². The zero-order chi connectivity index (χ0) is 16.7. The van der Waals surface area contributed by atoms with Gasteiger partial charge in [0.05, 0.1) is 6.10 Å². The van der Waals surface area contributed by atoms with E-state index in [2.05, 4.69) is 9.80 Å². The summed E-state index contributed by atoms with van der Waals surface area (Å²) in [6.45, 7) is 6.84. The number of rotatable bonds is 4. The van der Waals surface area contributed by atoms with E-state index in [4.69, 9.17) is 0 Å². The standard InChI is InChI=1S/C20H29FN2O/c1-14-10-17(21)4-5-18(14)20(24)13-22-6-8-23(9-7-22)19-12-15-2-3-16(19)11-15/h4-5,10,15-16,19-20,24H,2-3,6-9,11-13H2,1H3. The highest BCUT2D eigenvalue weighted by Crippen LogP contribution is 2.46. The first-order valence-electron chi connectivity index (χ1n) is 9.50. The second kappa shape index (κ2) is 6.74. The van der Waals surface area contributed by atoms with Crippen molar-refractivity contribution in [2.45, 2.75) is 44.8 Å². The van der Waals surface area contributed by atoms with Crippen LogP contribution in [0.2, 0.25) is 0 Å². The maximum absolute atomic E-state index is 13.2. The van der Waals surface area contributed by atoms with Crippen molar-refractivity contribution in [1.82, 2.24) is 9.80 Å². The molecule has 1 heterocycles. The van der Waals surface area contributed by atoms with Gasteiger partial charge in [-0.25, -0.2) is 4.39 Å². The monoisotopic (exact) mass is 332 g/mol. The molecule has 132 valence electrons. The fraction of sp³-hybridized carbons (Fsp3) is 0.700. The van der Waals surface area contributed by atoms with E-state index in [0.717, 1.165) is 55.2 Å². The highest BCUT2D eigenvalue weighted by Gasteiger charge is 2.42. The molecule has 0 spiro atoms. The van der Waals surface area contributed by atoms with Crippen molar-refractivity contribution in [3.05, 3.63) is 35.1 Å². The Hall–Kier alpha value is -0.970. The van der Waals surface area contributed by atoms with Crippen LogP contribution in [0.1, 0.15) is 42.9 Å². The van der Waals surface area contributed by atoms with Crippen LogP contribution >= 0.6 is 0 Å². The molecule has 3 aliphatic rings. The van der Waals surface area contributed by atoms with Gasteiger partial charge in [0.15, 0.2) is 0 Å². The van der Waals surface area contributed by atoms with Crippen LogP contribution in [-0.4, -0.2) is 53.7 Å². The summed E-state index contributed by atoms with van der Waals surface area (Å²) in [6.07, 6.45) is 5.26. The SMILES string of the molecule is Cc1cc(F)ccc1C(O)CN1CCN(C2CC3CCC2C3)CC1. The van der Waals surface area contributed by atoms with Crippen molar-refractivity contribution >= 4 is 0 Å². The third kappa shape index (κ3) is 3.24. The highest BCUT2D eigenvalue weighted by atomic mass is 19.1. The van der Waals surface area contributed by atoms with Gasteiger partial charge >= 0.3 is 0 Å². The Morgan fingerprint density at radius 1 is 1.17 bits per heavy atom. The van der Waals surface area contributed by atoms with Crippen LogP contribution in [-0.2, 0) is 0 Å². The summed E-state index contributed by atoms with van der Waals surface area (Å²) >= 11 is 0. The lowest BCUT2D eigenvalue weighted by molar-refractivity contribution is 0.0428. The van der Waals surface area contributed by atoms with E-state index in [1.807, 2.05) is 6.92 Å². The van der Waals surface area contributed by atoms with E-state index >= 15 is 0 Å². The summed E-state index contributed by atoms with van der Waals surface area (Å²) in [7, 11) is 0. The summed E-state index contributed by atoms with van der Waals surface area (Å²) in [5.41, 5.74) is 1.69. The van der Waals surface area contributed by atoms with Gasteiger partial charge in [0.25, 0.3) is 0 Å². The molecule has 1 aromatic carbocycles. The number of piperazine rings is 1. The Kier molecular flexibility index (Phi) is 4.63. The number of aliphatic hydroxyl groups is 1. The van der Waals surface area contributed by atoms with Crippen molar-refractivity contribution < 1.29 is 9.50 Å². The fourth-order valence-electron chi connectivity index (χ4n) is 5.29. The van der Waals surface area contributed by atoms with Crippen molar-refractivity contribution in [3.8, 4) is 0 Å². The molecule has 4 unspecified atom stereocenters. The largest absolute Gasteiger partial charge is 0.387 e. The first-order valence-corrected chi connectivity index (χ1v) is 9.50. The number of nitrogens with zero attached hydrogens (tertiary/aromatic N) is 2. The highest BCUT2D eigenvalue weighted by molar-refractivity contribution is 5.28. The maximum Gasteiger partial charge on any atom is 0.123 e. The van der Waals surface area contributed by atoms with Gasteiger partial charge in [-0.1, -0.05) is 12.5 Å². The van der Waals surface area contributed by atoms with Crippen LogP contribution in [0, 0.1) is 24.6 Å². The number of benzene rings is 1. The van der Waals surface area contributed by atoms with Crippen LogP contribution in [0.3, 0.4) is 0 Å². The fourth-order valence-corrected chi connectivity index (χ4v) is 5.29. The lowest BCUT2D eigenvalue weighted by atomic mass is 9.93. The maximum atomic E-state index is 13.2. The molecule has 0 radical (unpaired) electrons. The minimum absolute atomic E-state index is 0.233. The van der Waals surface area contributed by atoms with Gasteiger partial charge in [-0.05, 0) is 61.3 Å². The Morgan fingerprint density at radius 3 is 2.58 bits per heavy atom. The molecular weight excluding hydrogens is 303 g/mol. The van der Waals surface area contributed by atoms with Gasteiger partial charge < -0.3 is 5.11 Å². The van der Waals surface area contributed by atoms with Crippen LogP contribution in [0.5, 0.6) is 0 Å². The molecule has 1 aliphatic heterocycles. The van der Waals surface area contributed by atoms with Gasteiger partial charge in [-0.3, -0.25) is 9.80 Å². The summed E-state index contributed by atoms with van der Waals surface area (Å²) < 4.78 is 13.2. The van der Waals surface area contributed by atoms with Crippen molar-refractivity contribution in [2.24, 2.45) is 11.8 Å². The number of β-amino-alcohol motifs (C(OH)–C–C–N with tert-alkyl or cyclic N) is 1. The molecular formula is C20H29FN2O. The number of fused-ring (bicyclic) bond motifs is 2. The minimum Gasteiger partial charge on any atom is -0.387 e. The van der Waals surface area contributed by atoms with Crippen LogP contribution in [0.15, 0.2) is 18.2 Å². The molecule has 2 saturated carbocycles. The predicted octanol–water partition coefficient (Wildman–Crippen LogP) is 2.97. The molecule has 2 bridgehead atoms. The third-order valence-electron chi connectivity index (χ3n) is 6.60. The van der Waals surface area contributed by atoms with Gasteiger partial charge in [0.2, 0.25) is 0 Å². The van der Waals surface area contributed by atoms with E-state index in [1.165, 1.54) is 37.8 Å². The van der Waals surface area contributed by atoms with Gasteiger partial charge in [0, 0.05) is 38.8 Å². The summed E-state index contributed by atoms with van der Waals surface area (Å²) in [6, 6.07) is 5.50. The number of aryl methyl sites for hydroxylation is 1. The molecule has 4 rings (SSSR count). The zero-order valence-corrected chi connectivity index (χ0v) is 14.6. The van der Waals surface area contributed by atoms with Crippen LogP contribution in [0.25, 0.3) is 0 Å². The van der Waals surface area contributed by atoms with E-state index in [-0.39, 0.29) is 5.82 Å². The Labute approximate surface area is 144 Å². The Bertz CT molecular complexity index is 585. The predicted molar refractivity (Wildman–Crippen MR) is 93.3 cm³/mol. The third-order valence-corrected chi connectivity index (χ3v) is 6.60. The lowest BCUT2D eigenvalue weighted by Gasteiger charge is -2.41. The Balaban J connectivity index is 1.30. The van der Waals surface area contributed by atoms with Crippen LogP contribution in [0.4, 0.5) is 4.39 Å². The first-order chi connectivity index (χ1) is 11.6. The quantitative estimate of drug-likeness (QED) is 0.918. The number of hydrogen-bond acceptors (Lipinski definition) is 3. The summed E-state index contributed by atoms with van der Waals surface area (Å²) in [4.78, 5) is 5.06. The van der Waals surface area contributed by atoms with E-state index < -0.39 is 6.10 Å². The normalized spacial score (nSPS) is 32.4. The van der Waals surface area contributed by atoms with E-state index in [0.29, 0.717) is 6.54 Å². The molecule has 3 fully saturated rings. The molecule has 0 aromatic heterocycles. The van der Waals surface area contributed by atoms with Gasteiger partial charge in [-0.15, -0.1) is 0 Å². The van der Waals surface area contributed by atoms with E-state index in [9.17, 15) is 9.50 Å². The zero-order valence-electron chi connectivity index (χ0n) is 14.6. The number of aliphatic hydroxyl groups excluding tert-OH is 1. The summed E-state index contributed by atoms with van der Waals surface area (Å²) in [5, 5.41) is 10.5. The van der Waals surface area contributed by atoms with Crippen molar-refractivity contribution in [2.75, 3.05) is 32.7 Å². The molecule has 4 atom stereocenters. The molecule has 0 amide bonds. The minimum atomic E-state index is -0.528. The number of hydrogen-bond donors (Lipinski definition) is 1. The van der Waals surface area contributed by atoms with Crippen molar-refractivity contribution in [1.29, 1.82) is 0 Å². The molecule has 3 nitrogen and oxygen atoms in total. The number of halogens is 1. The van der Waals surface area contributed by atoms with Crippen molar-refractivity contribution in [3.63, 3.8) is 0 Å². The van der Waals surface area contributed by atoms with Crippen LogP contribution < -0.4 is 0 Å². The second-order valence-electron chi connectivity index (χ2n) is 8.10. The summed E-state index contributed by atoms with van der Waals surface area (Å²) in [5.74, 6) is 1.72. The Morgan fingerprint density at radius 2 is 1.96 bits per heavy atom. The lowest BCUT2D eigenvalue weighted by Crippen LogP contribution is -2.52. The molecule has 2 aliphatic carbocycles. The average molecular weight is 332 g/mol. The van der Waals surface area contributed by atoms with Gasteiger partial charge in [-0.2, -0.15) is 0 Å². The average Bonchev–Trinajstić information content (AvgIpc) is 3.18. The molecule has 4 heteroatoms.